The van der Waals surface area contributed by atoms with Gasteiger partial charge in [0, 0.05) is 34.8 Å². The van der Waals surface area contributed by atoms with Crippen LogP contribution in [0.15, 0.2) is 72.1 Å². The average molecular weight is 374 g/mol. The van der Waals surface area contributed by atoms with Crippen molar-refractivity contribution in [3.63, 3.8) is 0 Å². The summed E-state index contributed by atoms with van der Waals surface area (Å²) in [6.45, 7) is 2.21. The molecule has 0 spiro atoms. The maximum absolute atomic E-state index is 12.5. The van der Waals surface area contributed by atoms with E-state index in [4.69, 9.17) is 0 Å². The van der Waals surface area contributed by atoms with Crippen molar-refractivity contribution in [2.45, 2.75) is 19.3 Å². The van der Waals surface area contributed by atoms with Crippen molar-refractivity contribution in [3.05, 3.63) is 83.2 Å². The summed E-state index contributed by atoms with van der Waals surface area (Å²) in [5.74, 6) is 0.0381. The Morgan fingerprint density at radius 3 is 2.44 bits per heavy atom. The Morgan fingerprint density at radius 1 is 0.889 bits per heavy atom. The molecule has 2 nitrogen and oxygen atoms in total. The summed E-state index contributed by atoms with van der Waals surface area (Å²) < 4.78 is 0. The van der Waals surface area contributed by atoms with E-state index in [1.165, 1.54) is 35.4 Å². The van der Waals surface area contributed by atoms with Gasteiger partial charge in [-0.3, -0.25) is 4.79 Å². The lowest BCUT2D eigenvalue weighted by molar-refractivity contribution is 0.104. The average Bonchev–Trinajstić information content (AvgIpc) is 3.27. The summed E-state index contributed by atoms with van der Waals surface area (Å²) in [5, 5.41) is 2.12. The summed E-state index contributed by atoms with van der Waals surface area (Å²) in [6, 6.07) is 20.1. The minimum Gasteiger partial charge on any atom is -0.371 e. The van der Waals surface area contributed by atoms with Gasteiger partial charge < -0.3 is 4.90 Å². The Morgan fingerprint density at radius 2 is 1.70 bits per heavy atom. The number of hydrogen-bond donors (Lipinski definition) is 0. The minimum absolute atomic E-state index is 0.0381. The van der Waals surface area contributed by atoms with Crippen molar-refractivity contribution >= 4 is 28.9 Å². The molecule has 3 heteroatoms. The Kier molecular flexibility index (Phi) is 5.50. The fourth-order valence-electron chi connectivity index (χ4n) is 3.65. The summed E-state index contributed by atoms with van der Waals surface area (Å²) in [5.41, 5.74) is 4.35. The minimum atomic E-state index is 0.0381. The van der Waals surface area contributed by atoms with Gasteiger partial charge in [-0.25, -0.2) is 0 Å². The Balaban J connectivity index is 1.72. The van der Waals surface area contributed by atoms with E-state index in [9.17, 15) is 4.79 Å². The summed E-state index contributed by atoms with van der Waals surface area (Å²) >= 11 is 1.75. The number of carbonyl (C=O) groups is 1. The first-order valence-electron chi connectivity index (χ1n) is 9.52. The Bertz CT molecular complexity index is 922. The van der Waals surface area contributed by atoms with Crippen LogP contribution in [0, 0.1) is 0 Å². The molecule has 0 radical (unpaired) electrons. The van der Waals surface area contributed by atoms with Gasteiger partial charge in [-0.15, -0.1) is 11.3 Å². The van der Waals surface area contributed by atoms with Gasteiger partial charge in [0.15, 0.2) is 5.78 Å². The summed E-state index contributed by atoms with van der Waals surface area (Å²) in [7, 11) is 0. The van der Waals surface area contributed by atoms with E-state index in [-0.39, 0.29) is 5.78 Å². The van der Waals surface area contributed by atoms with Gasteiger partial charge in [-0.05, 0) is 48.4 Å². The molecule has 0 saturated carbocycles. The number of rotatable bonds is 5. The van der Waals surface area contributed by atoms with Crippen LogP contribution in [0.1, 0.15) is 35.2 Å². The fourth-order valence-corrected chi connectivity index (χ4v) is 4.45. The molecule has 1 aliphatic heterocycles. The van der Waals surface area contributed by atoms with Crippen molar-refractivity contribution in [2.24, 2.45) is 0 Å². The number of ketones is 1. The maximum Gasteiger partial charge on any atom is 0.185 e. The van der Waals surface area contributed by atoms with Crippen LogP contribution in [0.3, 0.4) is 0 Å². The number of allylic oxidation sites excluding steroid dienone is 1. The predicted molar refractivity (Wildman–Crippen MR) is 116 cm³/mol. The molecule has 27 heavy (non-hydrogen) atoms. The molecule has 0 bridgehead atoms. The van der Waals surface area contributed by atoms with Crippen molar-refractivity contribution in [2.75, 3.05) is 18.0 Å². The smallest absolute Gasteiger partial charge is 0.185 e. The van der Waals surface area contributed by atoms with Gasteiger partial charge in [0.05, 0.1) is 0 Å². The first-order chi connectivity index (χ1) is 13.3. The highest BCUT2D eigenvalue weighted by Gasteiger charge is 2.18. The molecule has 0 atom stereocenters. The third kappa shape index (κ3) is 4.04. The van der Waals surface area contributed by atoms with Gasteiger partial charge in [0.1, 0.15) is 0 Å². The fraction of sp³-hybridized carbons (Fsp3) is 0.208. The van der Waals surface area contributed by atoms with Crippen molar-refractivity contribution in [3.8, 4) is 10.4 Å². The van der Waals surface area contributed by atoms with Crippen LogP contribution in [0.4, 0.5) is 5.69 Å². The second-order valence-electron chi connectivity index (χ2n) is 6.83. The number of benzene rings is 2. The van der Waals surface area contributed by atoms with Crippen LogP contribution < -0.4 is 4.90 Å². The van der Waals surface area contributed by atoms with Gasteiger partial charge >= 0.3 is 0 Å². The lowest BCUT2D eigenvalue weighted by Crippen LogP contribution is -2.29. The maximum atomic E-state index is 12.5. The third-order valence-electron chi connectivity index (χ3n) is 5.01. The van der Waals surface area contributed by atoms with Crippen molar-refractivity contribution < 1.29 is 4.79 Å². The highest BCUT2D eigenvalue weighted by molar-refractivity contribution is 7.13. The molecule has 4 rings (SSSR count). The quantitative estimate of drug-likeness (QED) is 0.386. The molecule has 1 fully saturated rings. The number of piperidine rings is 1. The zero-order chi connectivity index (χ0) is 18.5. The first kappa shape index (κ1) is 17.7. The lowest BCUT2D eigenvalue weighted by Gasteiger charge is -2.31. The predicted octanol–water partition coefficient (Wildman–Crippen LogP) is 6.30. The summed E-state index contributed by atoms with van der Waals surface area (Å²) in [6.07, 6.45) is 7.47. The molecule has 136 valence electrons. The van der Waals surface area contributed by atoms with Crippen LogP contribution in [0.25, 0.3) is 16.5 Å². The molecule has 2 aromatic carbocycles. The molecule has 2 heterocycles. The Labute approximate surface area is 164 Å². The summed E-state index contributed by atoms with van der Waals surface area (Å²) in [4.78, 5) is 16.3. The largest absolute Gasteiger partial charge is 0.371 e. The molecule has 1 aliphatic rings. The molecule has 1 saturated heterocycles. The monoisotopic (exact) mass is 373 g/mol. The zero-order valence-corrected chi connectivity index (χ0v) is 16.1. The van der Waals surface area contributed by atoms with E-state index >= 15 is 0 Å². The van der Waals surface area contributed by atoms with E-state index in [1.807, 2.05) is 36.4 Å². The van der Waals surface area contributed by atoms with Crippen molar-refractivity contribution in [1.29, 1.82) is 0 Å². The molecular formula is C24H23NOS. The first-order valence-corrected chi connectivity index (χ1v) is 10.4. The molecule has 0 N–H and O–H groups in total. The highest BCUT2D eigenvalue weighted by atomic mass is 32.1. The van der Waals surface area contributed by atoms with Crippen LogP contribution in [0.2, 0.25) is 0 Å². The van der Waals surface area contributed by atoms with E-state index in [0.29, 0.717) is 0 Å². The van der Waals surface area contributed by atoms with E-state index in [2.05, 4.69) is 40.6 Å². The third-order valence-corrected chi connectivity index (χ3v) is 5.90. The van der Waals surface area contributed by atoms with Crippen LogP contribution >= 0.6 is 11.3 Å². The molecule has 3 aromatic rings. The number of nitrogens with zero attached hydrogens (tertiary/aromatic N) is 1. The molecule has 1 aromatic heterocycles. The van der Waals surface area contributed by atoms with Crippen LogP contribution in [-0.4, -0.2) is 18.9 Å². The molecule has 0 amide bonds. The molecule has 0 unspecified atom stereocenters. The number of carbonyl (C=O) groups excluding carboxylic acids is 1. The normalized spacial score (nSPS) is 14.6. The highest BCUT2D eigenvalue weighted by Crippen LogP contribution is 2.38. The lowest BCUT2D eigenvalue weighted by atomic mass is 9.99. The second kappa shape index (κ2) is 8.36. The SMILES string of the molecule is O=C(C=Cc1cccc(N2CCCCC2)c1-c1cccs1)c1ccccc1. The van der Waals surface area contributed by atoms with E-state index in [0.717, 1.165) is 24.2 Å². The molecular weight excluding hydrogens is 350 g/mol. The van der Waals surface area contributed by atoms with E-state index in [1.54, 1.807) is 17.4 Å². The van der Waals surface area contributed by atoms with Gasteiger partial charge in [-0.2, -0.15) is 0 Å². The molecule has 0 aliphatic carbocycles. The van der Waals surface area contributed by atoms with E-state index < -0.39 is 0 Å². The van der Waals surface area contributed by atoms with Crippen molar-refractivity contribution in [1.82, 2.24) is 0 Å². The topological polar surface area (TPSA) is 20.3 Å². The Hall–Kier alpha value is -2.65. The van der Waals surface area contributed by atoms with Gasteiger partial charge in [-0.1, -0.05) is 54.6 Å². The van der Waals surface area contributed by atoms with Crippen LogP contribution in [0.5, 0.6) is 0 Å². The number of anilines is 1. The van der Waals surface area contributed by atoms with Gasteiger partial charge in [0.25, 0.3) is 0 Å². The standard InChI is InChI=1S/C24H23NOS/c26-22(19-9-3-1-4-10-19)15-14-20-11-7-12-21(25-16-5-2-6-17-25)24(20)23-13-8-18-27-23/h1,3-4,7-15,18H,2,5-6,16-17H2. The van der Waals surface area contributed by atoms with Gasteiger partial charge in [0.2, 0.25) is 0 Å². The van der Waals surface area contributed by atoms with Crippen LogP contribution in [-0.2, 0) is 0 Å². The number of thiophene rings is 1. The zero-order valence-electron chi connectivity index (χ0n) is 15.3. The number of hydrogen-bond acceptors (Lipinski definition) is 3. The second-order valence-corrected chi connectivity index (χ2v) is 7.78.